The van der Waals surface area contributed by atoms with Gasteiger partial charge < -0.3 is 10.0 Å². The smallest absolute Gasteiger partial charge is 0.335 e. The van der Waals surface area contributed by atoms with E-state index in [4.69, 9.17) is 5.11 Å². The summed E-state index contributed by atoms with van der Waals surface area (Å²) in [5, 5.41) is 8.89. The summed E-state index contributed by atoms with van der Waals surface area (Å²) in [5.41, 5.74) is 0.783. The first kappa shape index (κ1) is 15.5. The number of hydrogen-bond acceptors (Lipinski definition) is 2. The topological polar surface area (TPSA) is 57.6 Å². The van der Waals surface area contributed by atoms with E-state index in [9.17, 15) is 9.59 Å². The van der Waals surface area contributed by atoms with E-state index in [0.717, 1.165) is 25.9 Å². The van der Waals surface area contributed by atoms with E-state index in [1.54, 1.807) is 12.1 Å². The van der Waals surface area contributed by atoms with Gasteiger partial charge in [-0.15, -0.1) is 0 Å². The standard InChI is InChI=1S/C17H23NO3/c1-12(2)13-4-3-10-18(11-9-13)16(19)14-5-7-15(8-6-14)17(20)21/h5-8,12-13H,3-4,9-11H2,1-2H3,(H,20,21). The normalized spacial score (nSPS) is 19.4. The highest BCUT2D eigenvalue weighted by atomic mass is 16.4. The van der Waals surface area contributed by atoms with Crippen LogP contribution in [0.2, 0.25) is 0 Å². The minimum absolute atomic E-state index is 0.0105. The molecule has 1 saturated heterocycles. The van der Waals surface area contributed by atoms with Crippen LogP contribution in [0.15, 0.2) is 24.3 Å². The van der Waals surface area contributed by atoms with Gasteiger partial charge in [0.1, 0.15) is 0 Å². The van der Waals surface area contributed by atoms with Crippen molar-refractivity contribution < 1.29 is 14.7 Å². The molecule has 1 fully saturated rings. The predicted molar refractivity (Wildman–Crippen MR) is 81.5 cm³/mol. The van der Waals surface area contributed by atoms with Gasteiger partial charge in [-0.2, -0.15) is 0 Å². The van der Waals surface area contributed by atoms with Crippen molar-refractivity contribution in [1.29, 1.82) is 0 Å². The van der Waals surface area contributed by atoms with Crippen LogP contribution in [0.5, 0.6) is 0 Å². The average Bonchev–Trinajstić information content (AvgIpc) is 2.72. The number of amides is 1. The number of hydrogen-bond donors (Lipinski definition) is 1. The molecule has 4 heteroatoms. The van der Waals surface area contributed by atoms with Crippen molar-refractivity contribution in [3.63, 3.8) is 0 Å². The first-order chi connectivity index (χ1) is 9.99. The summed E-state index contributed by atoms with van der Waals surface area (Å²) in [6.45, 7) is 6.07. The Kier molecular flexibility index (Phi) is 4.99. The van der Waals surface area contributed by atoms with Crippen molar-refractivity contribution in [3.8, 4) is 0 Å². The zero-order valence-electron chi connectivity index (χ0n) is 12.7. The highest BCUT2D eigenvalue weighted by Crippen LogP contribution is 2.25. The number of nitrogens with zero attached hydrogens (tertiary/aromatic N) is 1. The summed E-state index contributed by atoms with van der Waals surface area (Å²) >= 11 is 0. The summed E-state index contributed by atoms with van der Waals surface area (Å²) in [4.78, 5) is 25.2. The maximum atomic E-state index is 12.5. The Morgan fingerprint density at radius 1 is 1.10 bits per heavy atom. The maximum absolute atomic E-state index is 12.5. The molecule has 0 radical (unpaired) electrons. The summed E-state index contributed by atoms with van der Waals surface area (Å²) in [6.07, 6.45) is 3.28. The molecule has 1 unspecified atom stereocenters. The summed E-state index contributed by atoms with van der Waals surface area (Å²) in [6, 6.07) is 6.20. The Balaban J connectivity index is 2.04. The molecule has 0 bridgehead atoms. The molecular weight excluding hydrogens is 266 g/mol. The predicted octanol–water partition coefficient (Wildman–Crippen LogP) is 3.28. The average molecular weight is 289 g/mol. The molecule has 2 rings (SSSR count). The molecule has 0 aromatic heterocycles. The SMILES string of the molecule is CC(C)C1CCCN(C(=O)c2ccc(C(=O)O)cc2)CC1. The van der Waals surface area contributed by atoms with Crippen LogP contribution in [0.4, 0.5) is 0 Å². The molecule has 4 nitrogen and oxygen atoms in total. The molecule has 1 atom stereocenters. The van der Waals surface area contributed by atoms with Gasteiger partial charge in [0.05, 0.1) is 5.56 Å². The van der Waals surface area contributed by atoms with Crippen molar-refractivity contribution in [1.82, 2.24) is 4.90 Å². The minimum Gasteiger partial charge on any atom is -0.478 e. The molecule has 0 aliphatic carbocycles. The summed E-state index contributed by atoms with van der Waals surface area (Å²) < 4.78 is 0. The molecule has 1 amide bonds. The lowest BCUT2D eigenvalue weighted by atomic mass is 9.89. The van der Waals surface area contributed by atoms with Crippen LogP contribution in [-0.2, 0) is 0 Å². The van der Waals surface area contributed by atoms with E-state index in [2.05, 4.69) is 13.8 Å². The van der Waals surface area contributed by atoms with Gasteiger partial charge in [-0.1, -0.05) is 13.8 Å². The quantitative estimate of drug-likeness (QED) is 0.929. The highest BCUT2D eigenvalue weighted by molar-refractivity contribution is 5.95. The van der Waals surface area contributed by atoms with E-state index in [-0.39, 0.29) is 11.5 Å². The third kappa shape index (κ3) is 3.84. The third-order valence-corrected chi connectivity index (χ3v) is 4.38. The van der Waals surface area contributed by atoms with Crippen molar-refractivity contribution in [2.45, 2.75) is 33.1 Å². The Labute approximate surface area is 125 Å². The molecule has 1 aromatic carbocycles. The van der Waals surface area contributed by atoms with Crippen molar-refractivity contribution in [3.05, 3.63) is 35.4 Å². The van der Waals surface area contributed by atoms with E-state index in [1.165, 1.54) is 18.6 Å². The van der Waals surface area contributed by atoms with E-state index in [0.29, 0.717) is 17.4 Å². The number of carbonyl (C=O) groups is 2. The fraction of sp³-hybridized carbons (Fsp3) is 0.529. The van der Waals surface area contributed by atoms with Crippen LogP contribution in [0, 0.1) is 11.8 Å². The van der Waals surface area contributed by atoms with Crippen molar-refractivity contribution in [2.24, 2.45) is 11.8 Å². The van der Waals surface area contributed by atoms with Gasteiger partial charge in [0.2, 0.25) is 0 Å². The number of carboxylic acid groups (broad SMARTS) is 1. The Morgan fingerprint density at radius 2 is 1.71 bits per heavy atom. The number of benzene rings is 1. The number of rotatable bonds is 3. The fourth-order valence-electron chi connectivity index (χ4n) is 2.93. The van der Waals surface area contributed by atoms with Gasteiger partial charge in [0, 0.05) is 18.7 Å². The monoisotopic (exact) mass is 289 g/mol. The fourth-order valence-corrected chi connectivity index (χ4v) is 2.93. The molecule has 1 aromatic rings. The lowest BCUT2D eigenvalue weighted by Crippen LogP contribution is -2.32. The van der Waals surface area contributed by atoms with Gasteiger partial charge in [-0.05, 0) is 55.4 Å². The first-order valence-corrected chi connectivity index (χ1v) is 7.61. The molecule has 0 saturated carbocycles. The first-order valence-electron chi connectivity index (χ1n) is 7.61. The second-order valence-electron chi connectivity index (χ2n) is 6.11. The minimum atomic E-state index is -0.969. The van der Waals surface area contributed by atoms with Gasteiger partial charge in [0.25, 0.3) is 5.91 Å². The summed E-state index contributed by atoms with van der Waals surface area (Å²) in [7, 11) is 0. The molecule has 0 spiro atoms. The van der Waals surface area contributed by atoms with E-state index < -0.39 is 5.97 Å². The van der Waals surface area contributed by atoms with Crippen molar-refractivity contribution in [2.75, 3.05) is 13.1 Å². The van der Waals surface area contributed by atoms with Gasteiger partial charge in [-0.25, -0.2) is 4.79 Å². The van der Waals surface area contributed by atoms with Gasteiger partial charge >= 0.3 is 5.97 Å². The number of carboxylic acids is 1. The molecule has 1 aliphatic heterocycles. The zero-order chi connectivity index (χ0) is 15.4. The second-order valence-corrected chi connectivity index (χ2v) is 6.11. The largest absolute Gasteiger partial charge is 0.478 e. The van der Waals surface area contributed by atoms with E-state index in [1.807, 2.05) is 4.90 Å². The molecular formula is C17H23NO3. The zero-order valence-corrected chi connectivity index (χ0v) is 12.7. The lowest BCUT2D eigenvalue weighted by Gasteiger charge is -2.21. The summed E-state index contributed by atoms with van der Waals surface area (Å²) in [5.74, 6) is 0.395. The molecule has 1 aliphatic rings. The molecule has 1 N–H and O–H groups in total. The van der Waals surface area contributed by atoms with Crippen LogP contribution >= 0.6 is 0 Å². The maximum Gasteiger partial charge on any atom is 0.335 e. The number of aromatic carboxylic acids is 1. The lowest BCUT2D eigenvalue weighted by molar-refractivity contribution is 0.0694. The van der Waals surface area contributed by atoms with Crippen LogP contribution in [-0.4, -0.2) is 35.0 Å². The Morgan fingerprint density at radius 3 is 2.29 bits per heavy atom. The molecule has 114 valence electrons. The van der Waals surface area contributed by atoms with Crippen molar-refractivity contribution >= 4 is 11.9 Å². The van der Waals surface area contributed by atoms with Gasteiger partial charge in [-0.3, -0.25) is 4.79 Å². The van der Waals surface area contributed by atoms with Crippen LogP contribution in [0.1, 0.15) is 53.8 Å². The molecule has 1 heterocycles. The Hall–Kier alpha value is -1.84. The van der Waals surface area contributed by atoms with Crippen LogP contribution in [0.3, 0.4) is 0 Å². The van der Waals surface area contributed by atoms with Crippen LogP contribution in [0.25, 0.3) is 0 Å². The third-order valence-electron chi connectivity index (χ3n) is 4.38. The van der Waals surface area contributed by atoms with Gasteiger partial charge in [0.15, 0.2) is 0 Å². The highest BCUT2D eigenvalue weighted by Gasteiger charge is 2.23. The number of likely N-dealkylation sites (tertiary alicyclic amines) is 1. The molecule has 21 heavy (non-hydrogen) atoms. The van der Waals surface area contributed by atoms with E-state index >= 15 is 0 Å². The number of carbonyl (C=O) groups excluding carboxylic acids is 1. The Bertz CT molecular complexity index is 507. The van der Waals surface area contributed by atoms with Crippen LogP contribution < -0.4 is 0 Å². The second kappa shape index (κ2) is 6.74.